The van der Waals surface area contributed by atoms with Crippen LogP contribution in [0.3, 0.4) is 0 Å². The second-order valence-electron chi connectivity index (χ2n) is 5.86. The Morgan fingerprint density at radius 1 is 1.14 bits per heavy atom. The molecule has 0 aromatic heterocycles. The van der Waals surface area contributed by atoms with Crippen LogP contribution < -0.4 is 15.0 Å². The molecule has 9 heteroatoms. The number of ether oxygens (including phenoxy) is 2. The lowest BCUT2D eigenvalue weighted by Crippen LogP contribution is -2.40. The summed E-state index contributed by atoms with van der Waals surface area (Å²) in [5.41, 5.74) is 1.89. The molecule has 8 nitrogen and oxygen atoms in total. The summed E-state index contributed by atoms with van der Waals surface area (Å²) in [5.74, 6) is 5.56. The monoisotopic (exact) mass is 418 g/mol. The van der Waals surface area contributed by atoms with Crippen molar-refractivity contribution in [1.29, 1.82) is 0 Å². The Hall–Kier alpha value is -3.06. The maximum atomic E-state index is 13.0. The van der Waals surface area contributed by atoms with Crippen LogP contribution in [0.1, 0.15) is 18.5 Å². The molecule has 2 N–H and O–H groups in total. The van der Waals surface area contributed by atoms with E-state index in [0.717, 1.165) is 4.31 Å². The van der Waals surface area contributed by atoms with Crippen molar-refractivity contribution in [2.24, 2.45) is 0 Å². The van der Waals surface area contributed by atoms with Gasteiger partial charge in [-0.1, -0.05) is 18.1 Å². The fourth-order valence-corrected chi connectivity index (χ4v) is 3.89. The highest BCUT2D eigenvalue weighted by Crippen LogP contribution is 2.28. The number of nitrogens with one attached hydrogen (secondary N) is 1. The van der Waals surface area contributed by atoms with Crippen LogP contribution in [0.15, 0.2) is 53.4 Å². The molecule has 2 rings (SSSR count). The number of amides is 1. The number of benzene rings is 2. The molecular formula is C20H22N2O6S. The van der Waals surface area contributed by atoms with Crippen molar-refractivity contribution in [3.05, 3.63) is 54.1 Å². The van der Waals surface area contributed by atoms with Gasteiger partial charge in [0, 0.05) is 7.05 Å². The summed E-state index contributed by atoms with van der Waals surface area (Å²) in [4.78, 5) is 12.2. The van der Waals surface area contributed by atoms with Gasteiger partial charge in [0.15, 0.2) is 0 Å². The third-order valence-corrected chi connectivity index (χ3v) is 5.98. The van der Waals surface area contributed by atoms with E-state index in [1.807, 2.05) is 0 Å². The number of hydrogen-bond donors (Lipinski definition) is 2. The molecule has 2 aromatic carbocycles. The van der Waals surface area contributed by atoms with Crippen molar-refractivity contribution in [1.82, 2.24) is 9.79 Å². The van der Waals surface area contributed by atoms with Crippen molar-refractivity contribution < 1.29 is 27.9 Å². The Morgan fingerprint density at radius 3 is 2.24 bits per heavy atom. The largest absolute Gasteiger partial charge is 0.497 e. The van der Waals surface area contributed by atoms with Crippen LogP contribution in [0, 0.1) is 11.8 Å². The molecule has 29 heavy (non-hydrogen) atoms. The van der Waals surface area contributed by atoms with Crippen LogP contribution in [0.25, 0.3) is 0 Å². The molecule has 0 saturated carbocycles. The molecule has 0 fully saturated rings. The summed E-state index contributed by atoms with van der Waals surface area (Å²) in [6, 6.07) is 10.8. The van der Waals surface area contributed by atoms with E-state index < -0.39 is 22.0 Å². The van der Waals surface area contributed by atoms with Crippen molar-refractivity contribution in [2.75, 3.05) is 20.8 Å². The normalized spacial score (nSPS) is 11.9. The van der Waals surface area contributed by atoms with Crippen LogP contribution in [0.5, 0.6) is 11.5 Å². The molecule has 0 spiro atoms. The fourth-order valence-electron chi connectivity index (χ4n) is 2.58. The second kappa shape index (κ2) is 9.93. The summed E-state index contributed by atoms with van der Waals surface area (Å²) in [7, 11) is -1.30. The van der Waals surface area contributed by atoms with Gasteiger partial charge in [0.1, 0.15) is 24.1 Å². The maximum Gasteiger partial charge on any atom is 0.266 e. The van der Waals surface area contributed by atoms with E-state index in [0.29, 0.717) is 17.1 Å². The van der Waals surface area contributed by atoms with Crippen LogP contribution in [-0.4, -0.2) is 44.6 Å². The maximum absolute atomic E-state index is 13.0. The first-order chi connectivity index (χ1) is 13.8. The van der Waals surface area contributed by atoms with Gasteiger partial charge in [0.25, 0.3) is 5.91 Å². The number of methoxy groups -OCH3 is 1. The van der Waals surface area contributed by atoms with Gasteiger partial charge in [-0.25, -0.2) is 13.9 Å². The highest BCUT2D eigenvalue weighted by atomic mass is 32.2. The predicted octanol–water partition coefficient (Wildman–Crippen LogP) is 1.96. The molecule has 0 aliphatic heterocycles. The van der Waals surface area contributed by atoms with Crippen molar-refractivity contribution in [3.8, 4) is 23.3 Å². The number of likely N-dealkylation sites (N-methyl/N-ethyl adjacent to an activating group) is 1. The highest BCUT2D eigenvalue weighted by Gasteiger charge is 2.34. The molecule has 1 unspecified atom stereocenters. The molecule has 0 saturated heterocycles. The van der Waals surface area contributed by atoms with Crippen LogP contribution in [-0.2, 0) is 14.8 Å². The molecule has 0 bridgehead atoms. The van der Waals surface area contributed by atoms with Crippen LogP contribution in [0.2, 0.25) is 0 Å². The van der Waals surface area contributed by atoms with Gasteiger partial charge in [-0.2, -0.15) is 4.31 Å². The second-order valence-corrected chi connectivity index (χ2v) is 7.86. The first kappa shape index (κ1) is 22.2. The SMILES string of the molecule is CC#CCOc1ccc(S(=O)(=O)N(C)C(C(=O)NO)c2ccc(OC)cc2)cc1. The number of hydroxylamine groups is 1. The van der Waals surface area contributed by atoms with E-state index in [2.05, 4.69) is 11.8 Å². The molecule has 0 aliphatic rings. The summed E-state index contributed by atoms with van der Waals surface area (Å²) in [6.07, 6.45) is 0. The number of nitrogens with zero attached hydrogens (tertiary/aromatic N) is 1. The average molecular weight is 418 g/mol. The van der Waals surface area contributed by atoms with E-state index in [1.54, 1.807) is 31.2 Å². The van der Waals surface area contributed by atoms with Crippen LogP contribution in [0.4, 0.5) is 0 Å². The Kier molecular flexibility index (Phi) is 7.61. The molecule has 0 aliphatic carbocycles. The molecular weight excluding hydrogens is 396 g/mol. The predicted molar refractivity (Wildman–Crippen MR) is 106 cm³/mol. The Morgan fingerprint density at radius 2 is 1.72 bits per heavy atom. The van der Waals surface area contributed by atoms with Gasteiger partial charge in [0.05, 0.1) is 12.0 Å². The Labute approximate surface area is 170 Å². The summed E-state index contributed by atoms with van der Waals surface area (Å²) >= 11 is 0. The minimum absolute atomic E-state index is 0.0295. The van der Waals surface area contributed by atoms with Gasteiger partial charge in [0.2, 0.25) is 10.0 Å². The van der Waals surface area contributed by atoms with E-state index in [1.165, 1.54) is 43.9 Å². The number of rotatable bonds is 8. The quantitative estimate of drug-likeness (QED) is 0.386. The number of sulfonamides is 1. The molecule has 154 valence electrons. The first-order valence-corrected chi connectivity index (χ1v) is 9.97. The highest BCUT2D eigenvalue weighted by molar-refractivity contribution is 7.89. The molecule has 2 aromatic rings. The average Bonchev–Trinajstić information content (AvgIpc) is 2.74. The first-order valence-electron chi connectivity index (χ1n) is 8.53. The number of carbonyl (C=O) groups excluding carboxylic acids is 1. The summed E-state index contributed by atoms with van der Waals surface area (Å²) in [6.45, 7) is 1.88. The van der Waals surface area contributed by atoms with Gasteiger partial charge in [-0.05, 0) is 48.9 Å². The Bertz CT molecular complexity index is 992. The van der Waals surface area contributed by atoms with E-state index in [-0.39, 0.29) is 11.5 Å². The number of hydrogen-bond acceptors (Lipinski definition) is 6. The lowest BCUT2D eigenvalue weighted by atomic mass is 10.1. The summed E-state index contributed by atoms with van der Waals surface area (Å²) in [5, 5.41) is 9.12. The molecule has 0 radical (unpaired) electrons. The number of carbonyl (C=O) groups is 1. The lowest BCUT2D eigenvalue weighted by molar-refractivity contribution is -0.133. The third kappa shape index (κ3) is 5.26. The smallest absolute Gasteiger partial charge is 0.266 e. The molecule has 1 atom stereocenters. The fraction of sp³-hybridized carbons (Fsp3) is 0.250. The van der Waals surface area contributed by atoms with Gasteiger partial charge < -0.3 is 9.47 Å². The van der Waals surface area contributed by atoms with Crippen molar-refractivity contribution in [2.45, 2.75) is 17.9 Å². The topological polar surface area (TPSA) is 105 Å². The van der Waals surface area contributed by atoms with Gasteiger partial charge in [-0.15, -0.1) is 5.92 Å². The standard InChI is InChI=1S/C20H22N2O6S/c1-4-5-14-28-17-10-12-18(13-11-17)29(25,26)22(2)19(20(23)21-24)15-6-8-16(27-3)9-7-15/h6-13,19,24H,14H2,1-3H3,(H,21,23). The summed E-state index contributed by atoms with van der Waals surface area (Å²) < 4.78 is 37.4. The van der Waals surface area contributed by atoms with Crippen molar-refractivity contribution >= 4 is 15.9 Å². The zero-order chi connectivity index (χ0) is 21.4. The molecule has 1 amide bonds. The van der Waals surface area contributed by atoms with E-state index in [9.17, 15) is 13.2 Å². The molecule has 0 heterocycles. The van der Waals surface area contributed by atoms with Crippen molar-refractivity contribution in [3.63, 3.8) is 0 Å². The minimum Gasteiger partial charge on any atom is -0.497 e. The zero-order valence-corrected chi connectivity index (χ0v) is 17.1. The van der Waals surface area contributed by atoms with E-state index >= 15 is 0 Å². The van der Waals surface area contributed by atoms with Crippen LogP contribution >= 0.6 is 0 Å². The van der Waals surface area contributed by atoms with Gasteiger partial charge >= 0.3 is 0 Å². The minimum atomic E-state index is -4.05. The lowest BCUT2D eigenvalue weighted by Gasteiger charge is -2.26. The van der Waals surface area contributed by atoms with E-state index in [4.69, 9.17) is 14.7 Å². The Balaban J connectivity index is 2.33. The zero-order valence-electron chi connectivity index (χ0n) is 16.2. The van der Waals surface area contributed by atoms with Gasteiger partial charge in [-0.3, -0.25) is 10.0 Å². The third-order valence-electron chi connectivity index (χ3n) is 4.14.